The van der Waals surface area contributed by atoms with Crippen molar-refractivity contribution in [3.8, 4) is 5.75 Å². The second kappa shape index (κ2) is 8.01. The van der Waals surface area contributed by atoms with Crippen molar-refractivity contribution in [3.63, 3.8) is 0 Å². The van der Waals surface area contributed by atoms with E-state index in [4.69, 9.17) is 9.84 Å². The Bertz CT molecular complexity index is 789. The summed E-state index contributed by atoms with van der Waals surface area (Å²) in [6.45, 7) is 4.42. The number of carbonyl (C=O) groups excluding carboxylic acids is 1. The third-order valence-electron chi connectivity index (χ3n) is 4.96. The van der Waals surface area contributed by atoms with Gasteiger partial charge in [0.05, 0.1) is 7.11 Å². The summed E-state index contributed by atoms with van der Waals surface area (Å²) < 4.78 is 5.14. The first-order chi connectivity index (χ1) is 12.5. The molecule has 5 nitrogen and oxygen atoms in total. The number of likely N-dealkylation sites (tertiary alicyclic amines) is 1. The molecule has 1 fully saturated rings. The van der Waals surface area contributed by atoms with Gasteiger partial charge in [0.2, 0.25) is 0 Å². The zero-order chi connectivity index (χ0) is 18.7. The number of carbonyl (C=O) groups is 2. The van der Waals surface area contributed by atoms with Crippen molar-refractivity contribution in [2.45, 2.75) is 26.3 Å². The monoisotopic (exact) mass is 373 g/mol. The molecule has 138 valence electrons. The average Bonchev–Trinajstić information content (AvgIpc) is 3.03. The molecule has 1 aromatic carbocycles. The number of piperidine rings is 1. The second-order valence-electron chi connectivity index (χ2n) is 6.64. The van der Waals surface area contributed by atoms with Gasteiger partial charge in [0.15, 0.2) is 5.78 Å². The number of methoxy groups -OCH3 is 1. The van der Waals surface area contributed by atoms with E-state index in [2.05, 4.69) is 4.90 Å². The lowest BCUT2D eigenvalue weighted by Gasteiger charge is -2.31. The van der Waals surface area contributed by atoms with Gasteiger partial charge in [-0.05, 0) is 68.8 Å². The quantitative estimate of drug-likeness (QED) is 0.779. The number of benzene rings is 1. The molecule has 0 unspecified atom stereocenters. The fourth-order valence-electron chi connectivity index (χ4n) is 3.37. The van der Waals surface area contributed by atoms with Gasteiger partial charge in [0, 0.05) is 22.9 Å². The zero-order valence-electron chi connectivity index (χ0n) is 15.0. The van der Waals surface area contributed by atoms with E-state index in [0.29, 0.717) is 4.88 Å². The van der Waals surface area contributed by atoms with Crippen molar-refractivity contribution in [3.05, 3.63) is 51.2 Å². The van der Waals surface area contributed by atoms with Crippen LogP contribution in [-0.4, -0.2) is 42.0 Å². The summed E-state index contributed by atoms with van der Waals surface area (Å²) in [5, 5.41) is 9.12. The number of ether oxygens (including phenoxy) is 1. The number of rotatable bonds is 6. The van der Waals surface area contributed by atoms with Crippen LogP contribution in [0.1, 0.15) is 43.3 Å². The van der Waals surface area contributed by atoms with Crippen LogP contribution in [0.4, 0.5) is 0 Å². The van der Waals surface area contributed by atoms with Gasteiger partial charge in [-0.3, -0.25) is 9.69 Å². The number of hydrogen-bond donors (Lipinski definition) is 1. The summed E-state index contributed by atoms with van der Waals surface area (Å²) in [5.74, 6) is 0.140. The van der Waals surface area contributed by atoms with E-state index in [9.17, 15) is 9.59 Å². The number of Topliss-reactive ketones (excluding diaryl/α,β-unsaturated/α-hetero) is 1. The maximum Gasteiger partial charge on any atom is 0.345 e. The van der Waals surface area contributed by atoms with Gasteiger partial charge >= 0.3 is 5.97 Å². The van der Waals surface area contributed by atoms with E-state index in [1.165, 1.54) is 11.3 Å². The lowest BCUT2D eigenvalue weighted by atomic mass is 9.88. The highest BCUT2D eigenvalue weighted by Crippen LogP contribution is 2.27. The fraction of sp³-hybridized carbons (Fsp3) is 0.400. The lowest BCUT2D eigenvalue weighted by molar-refractivity contribution is 0.0701. The van der Waals surface area contributed by atoms with Crippen molar-refractivity contribution >= 4 is 23.1 Å². The molecule has 2 heterocycles. The molecule has 0 radical (unpaired) electrons. The SMILES string of the molecule is COc1ccc(C(=O)C2CCN(Cc3cc(C(=O)O)sc3C)CC2)cc1. The topological polar surface area (TPSA) is 66.8 Å². The Kier molecular flexibility index (Phi) is 5.74. The van der Waals surface area contributed by atoms with Gasteiger partial charge in [-0.1, -0.05) is 0 Å². The zero-order valence-corrected chi connectivity index (χ0v) is 15.8. The Morgan fingerprint density at radius 1 is 1.23 bits per heavy atom. The van der Waals surface area contributed by atoms with E-state index >= 15 is 0 Å². The van der Waals surface area contributed by atoms with Gasteiger partial charge in [-0.15, -0.1) is 11.3 Å². The molecule has 0 atom stereocenters. The first kappa shape index (κ1) is 18.6. The molecule has 0 bridgehead atoms. The molecule has 2 aromatic rings. The predicted molar refractivity (Wildman–Crippen MR) is 101 cm³/mol. The smallest absolute Gasteiger partial charge is 0.345 e. The molecule has 0 aliphatic carbocycles. The van der Waals surface area contributed by atoms with Crippen molar-refractivity contribution in [2.75, 3.05) is 20.2 Å². The normalized spacial score (nSPS) is 15.8. The maximum absolute atomic E-state index is 12.7. The summed E-state index contributed by atoms with van der Waals surface area (Å²) in [5.41, 5.74) is 1.82. The van der Waals surface area contributed by atoms with Crippen LogP contribution in [0.5, 0.6) is 5.75 Å². The fourth-order valence-corrected chi connectivity index (χ4v) is 4.24. The molecule has 0 saturated carbocycles. The van der Waals surface area contributed by atoms with Crippen LogP contribution >= 0.6 is 11.3 Å². The molecule has 26 heavy (non-hydrogen) atoms. The minimum atomic E-state index is -0.867. The highest BCUT2D eigenvalue weighted by atomic mass is 32.1. The molecule has 0 spiro atoms. The van der Waals surface area contributed by atoms with Crippen LogP contribution < -0.4 is 4.74 Å². The van der Waals surface area contributed by atoms with Crippen LogP contribution in [-0.2, 0) is 6.54 Å². The summed E-state index contributed by atoms with van der Waals surface area (Å²) >= 11 is 1.33. The number of carboxylic acids is 1. The minimum Gasteiger partial charge on any atom is -0.497 e. The highest BCUT2D eigenvalue weighted by molar-refractivity contribution is 7.14. The van der Waals surface area contributed by atoms with Crippen molar-refractivity contribution in [1.82, 2.24) is 4.90 Å². The molecule has 1 aliphatic heterocycles. The molecule has 3 rings (SSSR count). The summed E-state index contributed by atoms with van der Waals surface area (Å²) in [7, 11) is 1.61. The number of hydrogen-bond acceptors (Lipinski definition) is 5. The van der Waals surface area contributed by atoms with E-state index in [0.717, 1.165) is 54.2 Å². The number of thiophene rings is 1. The van der Waals surface area contributed by atoms with Crippen molar-refractivity contribution in [1.29, 1.82) is 0 Å². The van der Waals surface area contributed by atoms with E-state index in [-0.39, 0.29) is 11.7 Å². The average molecular weight is 373 g/mol. The number of carboxylic acid groups (broad SMARTS) is 1. The largest absolute Gasteiger partial charge is 0.497 e. The molecule has 6 heteroatoms. The molecule has 1 saturated heterocycles. The van der Waals surface area contributed by atoms with E-state index in [1.807, 2.05) is 31.2 Å². The molecule has 1 aromatic heterocycles. The first-order valence-corrected chi connectivity index (χ1v) is 9.53. The third kappa shape index (κ3) is 4.14. The predicted octanol–water partition coefficient (Wildman–Crippen LogP) is 3.86. The van der Waals surface area contributed by atoms with Crippen molar-refractivity contribution < 1.29 is 19.4 Å². The van der Waals surface area contributed by atoms with Gasteiger partial charge < -0.3 is 9.84 Å². The van der Waals surface area contributed by atoms with Crippen LogP contribution in [0, 0.1) is 12.8 Å². The Balaban J connectivity index is 1.56. The second-order valence-corrected chi connectivity index (χ2v) is 7.90. The Labute approximate surface area is 157 Å². The third-order valence-corrected chi connectivity index (χ3v) is 6.04. The van der Waals surface area contributed by atoms with Crippen LogP contribution in [0.15, 0.2) is 30.3 Å². The molecule has 1 N–H and O–H groups in total. The van der Waals surface area contributed by atoms with Crippen LogP contribution in [0.2, 0.25) is 0 Å². The molecular formula is C20H23NO4S. The van der Waals surface area contributed by atoms with Crippen molar-refractivity contribution in [2.24, 2.45) is 5.92 Å². The number of nitrogens with zero attached hydrogens (tertiary/aromatic N) is 1. The van der Waals surface area contributed by atoms with Gasteiger partial charge in [-0.25, -0.2) is 4.79 Å². The standard InChI is InChI=1S/C20H23NO4S/c1-13-16(11-18(26-13)20(23)24)12-21-9-7-15(8-10-21)19(22)14-3-5-17(25-2)6-4-14/h3-6,11,15H,7-10,12H2,1-2H3,(H,23,24). The molecule has 0 amide bonds. The lowest BCUT2D eigenvalue weighted by Crippen LogP contribution is -2.36. The van der Waals surface area contributed by atoms with Gasteiger partial charge in [0.1, 0.15) is 10.6 Å². The minimum absolute atomic E-state index is 0.0535. The first-order valence-electron chi connectivity index (χ1n) is 8.71. The number of ketones is 1. The summed E-state index contributed by atoms with van der Waals surface area (Å²) in [6.07, 6.45) is 1.67. The number of aryl methyl sites for hydroxylation is 1. The van der Waals surface area contributed by atoms with E-state index in [1.54, 1.807) is 13.2 Å². The van der Waals surface area contributed by atoms with Gasteiger partial charge in [-0.2, -0.15) is 0 Å². The maximum atomic E-state index is 12.7. The molecular weight excluding hydrogens is 350 g/mol. The van der Waals surface area contributed by atoms with Crippen LogP contribution in [0.25, 0.3) is 0 Å². The Hall–Kier alpha value is -2.18. The summed E-state index contributed by atoms with van der Waals surface area (Å²) in [4.78, 5) is 27.5. The Morgan fingerprint density at radius 3 is 2.42 bits per heavy atom. The number of aromatic carboxylic acids is 1. The van der Waals surface area contributed by atoms with E-state index < -0.39 is 5.97 Å². The Morgan fingerprint density at radius 2 is 1.88 bits per heavy atom. The highest BCUT2D eigenvalue weighted by Gasteiger charge is 2.26. The van der Waals surface area contributed by atoms with Crippen LogP contribution in [0.3, 0.4) is 0 Å². The van der Waals surface area contributed by atoms with Gasteiger partial charge in [0.25, 0.3) is 0 Å². The molecule has 1 aliphatic rings. The summed E-state index contributed by atoms with van der Waals surface area (Å²) in [6, 6.07) is 9.08.